The highest BCUT2D eigenvalue weighted by Crippen LogP contribution is 2.34. The number of piperazine rings is 1. The van der Waals surface area contributed by atoms with Crippen LogP contribution in [-0.4, -0.2) is 68.8 Å². The molecule has 4 aromatic rings. The van der Waals surface area contributed by atoms with Crippen molar-refractivity contribution in [2.75, 3.05) is 36.8 Å². The zero-order chi connectivity index (χ0) is 24.4. The third-order valence-electron chi connectivity index (χ3n) is 5.69. The van der Waals surface area contributed by atoms with E-state index in [1.165, 1.54) is 16.2 Å². The van der Waals surface area contributed by atoms with Gasteiger partial charge in [-0.05, 0) is 12.5 Å². The number of carboxylic acids is 1. The van der Waals surface area contributed by atoms with E-state index < -0.39 is 5.97 Å². The molecule has 4 heterocycles. The Hall–Kier alpha value is -3.02. The van der Waals surface area contributed by atoms with Crippen molar-refractivity contribution in [3.8, 4) is 10.6 Å². The van der Waals surface area contributed by atoms with Gasteiger partial charge in [0, 0.05) is 42.0 Å². The van der Waals surface area contributed by atoms with Crippen LogP contribution in [0.2, 0.25) is 0 Å². The molecule has 1 aliphatic heterocycles. The number of anilines is 1. The highest BCUT2D eigenvalue weighted by molar-refractivity contribution is 7.99. The van der Waals surface area contributed by atoms with Gasteiger partial charge in [0.1, 0.15) is 21.3 Å². The van der Waals surface area contributed by atoms with E-state index in [2.05, 4.69) is 27.9 Å². The summed E-state index contributed by atoms with van der Waals surface area (Å²) in [5, 5.41) is 13.2. The Morgan fingerprint density at radius 3 is 2.57 bits per heavy atom. The Morgan fingerprint density at radius 2 is 1.86 bits per heavy atom. The summed E-state index contributed by atoms with van der Waals surface area (Å²) in [4.78, 5) is 44.1. The molecule has 5 rings (SSSR count). The Morgan fingerprint density at radius 1 is 1.09 bits per heavy atom. The topological polar surface area (TPSA) is 99.5 Å². The fourth-order valence-corrected chi connectivity index (χ4v) is 6.29. The first-order valence-electron chi connectivity index (χ1n) is 11.2. The number of rotatable bonds is 7. The molecule has 1 aromatic carbocycles. The number of amides is 1. The Kier molecular flexibility index (Phi) is 6.98. The highest BCUT2D eigenvalue weighted by Gasteiger charge is 2.26. The number of hydrogen-bond acceptors (Lipinski definition) is 9. The first-order valence-corrected chi connectivity index (χ1v) is 13.9. The van der Waals surface area contributed by atoms with Crippen molar-refractivity contribution >= 4 is 62.3 Å². The number of thioether (sulfide) groups is 1. The van der Waals surface area contributed by atoms with Crippen LogP contribution in [0.4, 0.5) is 5.82 Å². The number of aliphatic carboxylic acids is 1. The summed E-state index contributed by atoms with van der Waals surface area (Å²) >= 11 is 4.22. The van der Waals surface area contributed by atoms with E-state index in [9.17, 15) is 9.59 Å². The summed E-state index contributed by atoms with van der Waals surface area (Å²) in [6.07, 6.45) is 0.902. The van der Waals surface area contributed by atoms with E-state index in [1.807, 2.05) is 40.6 Å². The predicted molar refractivity (Wildman–Crippen MR) is 141 cm³/mol. The molecule has 1 saturated heterocycles. The van der Waals surface area contributed by atoms with Gasteiger partial charge < -0.3 is 14.9 Å². The molecule has 1 fully saturated rings. The maximum absolute atomic E-state index is 13.1. The minimum Gasteiger partial charge on any atom is -0.481 e. The molecule has 1 aliphatic rings. The second-order valence-electron chi connectivity index (χ2n) is 7.98. The summed E-state index contributed by atoms with van der Waals surface area (Å²) in [7, 11) is 0. The maximum Gasteiger partial charge on any atom is 0.313 e. The molecule has 0 spiro atoms. The lowest BCUT2D eigenvalue weighted by molar-refractivity contribution is -0.133. The Bertz CT molecular complexity index is 1360. The second kappa shape index (κ2) is 10.3. The zero-order valence-electron chi connectivity index (χ0n) is 19.0. The van der Waals surface area contributed by atoms with Crippen LogP contribution in [0, 0.1) is 0 Å². The number of carboxylic acid groups (broad SMARTS) is 1. The van der Waals surface area contributed by atoms with Crippen molar-refractivity contribution in [2.45, 2.75) is 18.5 Å². The molecule has 0 radical (unpaired) electrons. The summed E-state index contributed by atoms with van der Waals surface area (Å²) in [5.41, 5.74) is 1.48. The number of carbonyl (C=O) groups excluding carboxylic acids is 1. The van der Waals surface area contributed by atoms with Crippen molar-refractivity contribution in [1.82, 2.24) is 19.9 Å². The number of benzene rings is 1. The summed E-state index contributed by atoms with van der Waals surface area (Å²) in [6, 6.07) is 12.0. The molecule has 0 atom stereocenters. The largest absolute Gasteiger partial charge is 0.481 e. The van der Waals surface area contributed by atoms with Gasteiger partial charge in [-0.25, -0.2) is 15.0 Å². The minimum atomic E-state index is -0.898. The molecular formula is C24H23N5O3S3. The van der Waals surface area contributed by atoms with Gasteiger partial charge in [-0.15, -0.1) is 22.7 Å². The molecule has 8 nitrogen and oxygen atoms in total. The van der Waals surface area contributed by atoms with E-state index in [0.717, 1.165) is 44.8 Å². The third kappa shape index (κ3) is 5.16. The summed E-state index contributed by atoms with van der Waals surface area (Å²) < 4.78 is 0. The molecule has 0 unspecified atom stereocenters. The third-order valence-corrected chi connectivity index (χ3v) is 8.58. The average Bonchev–Trinajstić information content (AvgIpc) is 3.55. The fraction of sp³-hybridized carbons (Fsp3) is 0.292. The first kappa shape index (κ1) is 23.7. The smallest absolute Gasteiger partial charge is 0.313 e. The maximum atomic E-state index is 13.1. The normalized spacial score (nSPS) is 14.0. The number of fused-ring (bicyclic) bond motifs is 1. The van der Waals surface area contributed by atoms with Crippen LogP contribution < -0.4 is 4.90 Å². The van der Waals surface area contributed by atoms with E-state index in [4.69, 9.17) is 10.1 Å². The van der Waals surface area contributed by atoms with Gasteiger partial charge in [0.2, 0.25) is 0 Å². The summed E-state index contributed by atoms with van der Waals surface area (Å²) in [6.45, 7) is 4.49. The lowest BCUT2D eigenvalue weighted by atomic mass is 10.2. The van der Waals surface area contributed by atoms with Crippen LogP contribution in [0.15, 0.2) is 46.9 Å². The summed E-state index contributed by atoms with van der Waals surface area (Å²) in [5.74, 6) is -0.230. The monoisotopic (exact) mass is 525 g/mol. The van der Waals surface area contributed by atoms with Crippen molar-refractivity contribution in [3.63, 3.8) is 0 Å². The molecule has 0 bridgehead atoms. The average molecular weight is 526 g/mol. The number of carbonyl (C=O) groups is 2. The van der Waals surface area contributed by atoms with Crippen LogP contribution >= 0.6 is 34.4 Å². The lowest BCUT2D eigenvalue weighted by Crippen LogP contribution is -2.49. The van der Waals surface area contributed by atoms with E-state index in [-0.39, 0.29) is 11.7 Å². The van der Waals surface area contributed by atoms with E-state index in [0.29, 0.717) is 37.0 Å². The van der Waals surface area contributed by atoms with Crippen LogP contribution in [-0.2, 0) is 11.2 Å². The van der Waals surface area contributed by atoms with Gasteiger partial charge in [-0.1, -0.05) is 49.0 Å². The highest BCUT2D eigenvalue weighted by atomic mass is 32.2. The van der Waals surface area contributed by atoms with E-state index >= 15 is 0 Å². The van der Waals surface area contributed by atoms with Crippen LogP contribution in [0.25, 0.3) is 20.8 Å². The van der Waals surface area contributed by atoms with E-state index in [1.54, 1.807) is 11.3 Å². The number of aryl methyl sites for hydroxylation is 1. The number of thiophene rings is 1. The molecule has 35 heavy (non-hydrogen) atoms. The molecule has 1 N–H and O–H groups in total. The molecule has 180 valence electrons. The van der Waals surface area contributed by atoms with Crippen LogP contribution in [0.5, 0.6) is 0 Å². The van der Waals surface area contributed by atoms with Crippen molar-refractivity contribution in [2.24, 2.45) is 0 Å². The standard InChI is InChI=1S/C24H23N5O3S3/c1-2-16-12-17-20(26-24(27-22(17)35-16)34-14-19(30)31)28-8-10-29(11-9-28)23(32)18-13-33-21(25-18)15-6-4-3-5-7-15/h3-7,12-13H,2,8-11,14H2,1H3,(H,30,31). The molecule has 0 saturated carbocycles. The molecule has 11 heteroatoms. The fourth-order valence-electron chi connectivity index (χ4n) is 3.91. The van der Waals surface area contributed by atoms with Gasteiger partial charge >= 0.3 is 5.97 Å². The zero-order valence-corrected chi connectivity index (χ0v) is 21.5. The van der Waals surface area contributed by atoms with Gasteiger partial charge in [0.15, 0.2) is 5.16 Å². The van der Waals surface area contributed by atoms with Gasteiger partial charge in [-0.2, -0.15) is 0 Å². The second-order valence-corrected chi connectivity index (χ2v) is 10.9. The molecular weight excluding hydrogens is 502 g/mol. The predicted octanol–water partition coefficient (Wildman–Crippen LogP) is 4.52. The lowest BCUT2D eigenvalue weighted by Gasteiger charge is -2.35. The quantitative estimate of drug-likeness (QED) is 0.278. The SMILES string of the molecule is CCc1cc2c(N3CCN(C(=O)c4csc(-c5ccccc5)n4)CC3)nc(SCC(=O)O)nc2s1. The molecule has 0 aliphatic carbocycles. The number of aromatic nitrogens is 3. The van der Waals surface area contributed by atoms with Gasteiger partial charge in [0.25, 0.3) is 5.91 Å². The van der Waals surface area contributed by atoms with Crippen molar-refractivity contribution in [1.29, 1.82) is 0 Å². The molecule has 1 amide bonds. The van der Waals surface area contributed by atoms with Crippen molar-refractivity contribution in [3.05, 3.63) is 52.3 Å². The van der Waals surface area contributed by atoms with Gasteiger partial charge in [0.05, 0.1) is 11.1 Å². The first-order chi connectivity index (χ1) is 17.0. The molecule has 3 aromatic heterocycles. The van der Waals surface area contributed by atoms with Crippen LogP contribution in [0.3, 0.4) is 0 Å². The number of nitrogens with zero attached hydrogens (tertiary/aromatic N) is 5. The number of hydrogen-bond donors (Lipinski definition) is 1. The van der Waals surface area contributed by atoms with Crippen LogP contribution in [0.1, 0.15) is 22.3 Å². The minimum absolute atomic E-state index is 0.0579. The Labute approximate surface area is 214 Å². The Balaban J connectivity index is 1.32. The van der Waals surface area contributed by atoms with Gasteiger partial charge in [-0.3, -0.25) is 9.59 Å². The number of thiazole rings is 1. The van der Waals surface area contributed by atoms with Crippen molar-refractivity contribution < 1.29 is 14.7 Å².